The molecule has 4 amide bonds. The Kier molecular flexibility index (Phi) is 11.8. The molecule has 12 nitrogen and oxygen atoms in total. The molecule has 1 saturated heterocycles. The number of hydrogen-bond acceptors (Lipinski definition) is 8. The molecule has 43 heavy (non-hydrogen) atoms. The van der Waals surface area contributed by atoms with E-state index >= 15 is 0 Å². The van der Waals surface area contributed by atoms with Crippen LogP contribution in [0, 0.1) is 0 Å². The number of nitrogens with zero attached hydrogens (tertiary/aromatic N) is 1. The van der Waals surface area contributed by atoms with Gasteiger partial charge in [-0.05, 0) is 44.7 Å². The fraction of sp³-hybridized carbons (Fsp3) is 0.452. The second kappa shape index (κ2) is 15.3. The zero-order valence-corrected chi connectivity index (χ0v) is 24.7. The summed E-state index contributed by atoms with van der Waals surface area (Å²) in [6.07, 6.45) is -3.49. The molecule has 4 atom stereocenters. The van der Waals surface area contributed by atoms with Crippen molar-refractivity contribution in [1.29, 1.82) is 0 Å². The standard InChI is InChI=1S/C31H40N4O8/c1-31(2,3)34-27(38)23-15-10-16-35(23)29(40)26(42-18-20-11-6-4-7-12-20)25(37)28(39)33-22(17-24(32)36)30(41)43-19-21-13-8-5-9-14-21/h4-9,11-14,22-23,25-26,37H,10,15-19H2,1-3H3,(H2,32,36)(H,33,39)(H,34,38)/t22-,23-,25-,26-/m0/s1. The maximum Gasteiger partial charge on any atom is 0.329 e. The van der Waals surface area contributed by atoms with Crippen LogP contribution in [-0.2, 0) is 46.7 Å². The first-order valence-electron chi connectivity index (χ1n) is 14.1. The molecule has 1 aliphatic heterocycles. The number of benzene rings is 2. The summed E-state index contributed by atoms with van der Waals surface area (Å²) in [7, 11) is 0. The van der Waals surface area contributed by atoms with Gasteiger partial charge in [-0.15, -0.1) is 0 Å². The molecule has 0 unspecified atom stereocenters. The van der Waals surface area contributed by atoms with Crippen LogP contribution in [0.5, 0.6) is 0 Å². The lowest BCUT2D eigenvalue weighted by Gasteiger charge is -2.32. The monoisotopic (exact) mass is 596 g/mol. The van der Waals surface area contributed by atoms with Crippen molar-refractivity contribution in [3.8, 4) is 0 Å². The second-order valence-electron chi connectivity index (χ2n) is 11.4. The summed E-state index contributed by atoms with van der Waals surface area (Å²) in [5.74, 6) is -4.11. The van der Waals surface area contributed by atoms with Gasteiger partial charge in [0, 0.05) is 12.1 Å². The van der Waals surface area contributed by atoms with E-state index in [9.17, 15) is 29.1 Å². The smallest absolute Gasteiger partial charge is 0.329 e. The molecule has 12 heteroatoms. The number of primary amides is 1. The molecule has 0 aromatic heterocycles. The van der Waals surface area contributed by atoms with Crippen molar-refractivity contribution in [3.05, 3.63) is 71.8 Å². The summed E-state index contributed by atoms with van der Waals surface area (Å²) in [5.41, 5.74) is 6.11. The minimum absolute atomic E-state index is 0.123. The van der Waals surface area contributed by atoms with E-state index in [1.165, 1.54) is 4.90 Å². The number of aliphatic hydroxyl groups excluding tert-OH is 1. The first-order chi connectivity index (χ1) is 20.4. The van der Waals surface area contributed by atoms with Gasteiger partial charge in [0.05, 0.1) is 13.0 Å². The average Bonchev–Trinajstić information content (AvgIpc) is 3.46. The van der Waals surface area contributed by atoms with Crippen LogP contribution in [0.4, 0.5) is 0 Å². The molecule has 1 fully saturated rings. The summed E-state index contributed by atoms with van der Waals surface area (Å²) in [6.45, 7) is 5.42. The SMILES string of the molecule is CC(C)(C)NC(=O)[C@@H]1CCCN1C(=O)[C@@H](OCc1ccccc1)[C@H](O)C(=O)N[C@@H](CC(N)=O)C(=O)OCc1ccccc1. The lowest BCUT2D eigenvalue weighted by Crippen LogP contribution is -2.58. The van der Waals surface area contributed by atoms with E-state index in [4.69, 9.17) is 15.2 Å². The van der Waals surface area contributed by atoms with Crippen molar-refractivity contribution in [2.45, 2.75) is 83.1 Å². The van der Waals surface area contributed by atoms with Crippen LogP contribution in [0.1, 0.15) is 51.2 Å². The van der Waals surface area contributed by atoms with Gasteiger partial charge >= 0.3 is 5.97 Å². The largest absolute Gasteiger partial charge is 0.459 e. The van der Waals surface area contributed by atoms with Crippen molar-refractivity contribution in [3.63, 3.8) is 0 Å². The lowest BCUT2D eigenvalue weighted by molar-refractivity contribution is -0.163. The van der Waals surface area contributed by atoms with Gasteiger partial charge in [0.2, 0.25) is 11.8 Å². The maximum atomic E-state index is 13.8. The highest BCUT2D eigenvalue weighted by atomic mass is 16.5. The quantitative estimate of drug-likeness (QED) is 0.247. The molecule has 0 aliphatic carbocycles. The van der Waals surface area contributed by atoms with E-state index in [-0.39, 0.29) is 25.7 Å². The van der Waals surface area contributed by atoms with E-state index in [1.54, 1.807) is 60.7 Å². The highest BCUT2D eigenvalue weighted by molar-refractivity contribution is 5.96. The van der Waals surface area contributed by atoms with Gasteiger partial charge in [0.15, 0.2) is 12.2 Å². The van der Waals surface area contributed by atoms with E-state index in [2.05, 4.69) is 10.6 Å². The molecule has 232 valence electrons. The van der Waals surface area contributed by atoms with Crippen LogP contribution in [0.15, 0.2) is 60.7 Å². The van der Waals surface area contributed by atoms with E-state index in [0.717, 1.165) is 0 Å². The Morgan fingerprint density at radius 2 is 1.56 bits per heavy atom. The van der Waals surface area contributed by atoms with Gasteiger partial charge in [-0.3, -0.25) is 19.2 Å². The van der Waals surface area contributed by atoms with E-state index in [0.29, 0.717) is 24.0 Å². The predicted octanol–water partition coefficient (Wildman–Crippen LogP) is 0.942. The number of nitrogens with one attached hydrogen (secondary N) is 2. The lowest BCUT2D eigenvalue weighted by atomic mass is 10.1. The number of ether oxygens (including phenoxy) is 2. The summed E-state index contributed by atoms with van der Waals surface area (Å²) in [6, 6.07) is 15.2. The van der Waals surface area contributed by atoms with Crippen LogP contribution in [0.2, 0.25) is 0 Å². The van der Waals surface area contributed by atoms with Crippen LogP contribution in [0.25, 0.3) is 0 Å². The highest BCUT2D eigenvalue weighted by Gasteiger charge is 2.43. The predicted molar refractivity (Wildman–Crippen MR) is 156 cm³/mol. The van der Waals surface area contributed by atoms with Crippen LogP contribution in [0.3, 0.4) is 0 Å². The van der Waals surface area contributed by atoms with Crippen molar-refractivity contribution < 1.29 is 38.6 Å². The topological polar surface area (TPSA) is 177 Å². The zero-order valence-electron chi connectivity index (χ0n) is 24.7. The Hall–Kier alpha value is -4.29. The Balaban J connectivity index is 1.78. The molecular weight excluding hydrogens is 556 g/mol. The molecule has 0 spiro atoms. The molecule has 3 rings (SSSR count). The number of amides is 4. The summed E-state index contributed by atoms with van der Waals surface area (Å²) in [4.78, 5) is 65.8. The van der Waals surface area contributed by atoms with Gasteiger partial charge in [-0.2, -0.15) is 0 Å². The fourth-order valence-corrected chi connectivity index (χ4v) is 4.60. The number of aliphatic hydroxyl groups is 1. The number of hydrogen-bond donors (Lipinski definition) is 4. The van der Waals surface area contributed by atoms with E-state index < -0.39 is 59.9 Å². The third-order valence-electron chi connectivity index (χ3n) is 6.64. The Labute approximate surface area is 250 Å². The van der Waals surface area contributed by atoms with Crippen LogP contribution in [-0.4, -0.2) is 76.0 Å². The summed E-state index contributed by atoms with van der Waals surface area (Å²) in [5, 5.41) is 16.3. The average molecular weight is 597 g/mol. The third kappa shape index (κ3) is 10.2. The number of esters is 1. The van der Waals surface area contributed by atoms with E-state index in [1.807, 2.05) is 20.8 Å². The summed E-state index contributed by atoms with van der Waals surface area (Å²) >= 11 is 0. The molecule has 1 aliphatic rings. The highest BCUT2D eigenvalue weighted by Crippen LogP contribution is 2.22. The number of nitrogens with two attached hydrogens (primary N) is 1. The van der Waals surface area contributed by atoms with Gasteiger partial charge < -0.3 is 35.8 Å². The molecule has 0 bridgehead atoms. The summed E-state index contributed by atoms with van der Waals surface area (Å²) < 4.78 is 11.1. The van der Waals surface area contributed by atoms with Gasteiger partial charge in [0.1, 0.15) is 18.7 Å². The molecule has 2 aromatic rings. The molecular formula is C31H40N4O8. The van der Waals surface area contributed by atoms with Gasteiger partial charge in [-0.1, -0.05) is 60.7 Å². The first-order valence-corrected chi connectivity index (χ1v) is 14.1. The molecule has 0 radical (unpaired) electrons. The minimum Gasteiger partial charge on any atom is -0.459 e. The van der Waals surface area contributed by atoms with Crippen LogP contribution >= 0.6 is 0 Å². The normalized spacial score (nSPS) is 16.9. The zero-order chi connectivity index (χ0) is 31.6. The van der Waals surface area contributed by atoms with Gasteiger partial charge in [-0.25, -0.2) is 4.79 Å². The fourth-order valence-electron chi connectivity index (χ4n) is 4.60. The minimum atomic E-state index is -2.10. The number of likely N-dealkylation sites (tertiary alicyclic amines) is 1. The molecule has 2 aromatic carbocycles. The van der Waals surface area contributed by atoms with Crippen molar-refractivity contribution in [2.24, 2.45) is 5.73 Å². The Morgan fingerprint density at radius 1 is 0.977 bits per heavy atom. The second-order valence-corrected chi connectivity index (χ2v) is 11.4. The number of carbonyl (C=O) groups is 5. The maximum absolute atomic E-state index is 13.8. The van der Waals surface area contributed by atoms with Crippen molar-refractivity contribution >= 4 is 29.6 Å². The Morgan fingerprint density at radius 3 is 2.12 bits per heavy atom. The van der Waals surface area contributed by atoms with Crippen LogP contribution < -0.4 is 16.4 Å². The van der Waals surface area contributed by atoms with Crippen molar-refractivity contribution in [2.75, 3.05) is 6.54 Å². The molecule has 0 saturated carbocycles. The molecule has 5 N–H and O–H groups in total. The van der Waals surface area contributed by atoms with Gasteiger partial charge in [0.25, 0.3) is 11.8 Å². The number of carbonyl (C=O) groups excluding carboxylic acids is 5. The third-order valence-corrected chi connectivity index (χ3v) is 6.64. The first kappa shape index (κ1) is 33.2. The number of rotatable bonds is 13. The molecule has 1 heterocycles. The Bertz CT molecular complexity index is 1270. The van der Waals surface area contributed by atoms with Crippen molar-refractivity contribution in [1.82, 2.24) is 15.5 Å².